The molecule has 0 spiro atoms. The molecule has 3 nitrogen and oxygen atoms in total. The number of ether oxygens (including phenoxy) is 1. The van der Waals surface area contributed by atoms with Crippen LogP contribution in [0.15, 0.2) is 18.2 Å². The van der Waals surface area contributed by atoms with E-state index in [1.54, 1.807) is 0 Å². The van der Waals surface area contributed by atoms with E-state index in [0.717, 1.165) is 6.07 Å². The maximum atomic E-state index is 13.0. The van der Waals surface area contributed by atoms with Gasteiger partial charge in [-0.3, -0.25) is 9.59 Å². The summed E-state index contributed by atoms with van der Waals surface area (Å²) in [5, 5.41) is 0. The van der Waals surface area contributed by atoms with Gasteiger partial charge in [0.15, 0.2) is 17.9 Å². The molecule has 0 saturated heterocycles. The van der Waals surface area contributed by atoms with E-state index in [9.17, 15) is 14.0 Å². The summed E-state index contributed by atoms with van der Waals surface area (Å²) in [7, 11) is 0. The van der Waals surface area contributed by atoms with Crippen LogP contribution in [0.5, 0.6) is 5.75 Å². The highest BCUT2D eigenvalue weighted by Gasteiger charge is 2.03. The highest BCUT2D eigenvalue weighted by atomic mass is 19.1. The lowest BCUT2D eigenvalue weighted by Gasteiger charge is -2.02. The second-order valence-electron chi connectivity index (χ2n) is 2.29. The van der Waals surface area contributed by atoms with Crippen molar-refractivity contribution in [2.45, 2.75) is 0 Å². The summed E-state index contributed by atoms with van der Waals surface area (Å²) in [4.78, 5) is 20.1. The van der Waals surface area contributed by atoms with Crippen LogP contribution in [0.2, 0.25) is 0 Å². The zero-order valence-corrected chi connectivity index (χ0v) is 6.70. The van der Waals surface area contributed by atoms with Gasteiger partial charge in [0.1, 0.15) is 12.9 Å². The van der Waals surface area contributed by atoms with Gasteiger partial charge in [0.05, 0.1) is 0 Å². The lowest BCUT2D eigenvalue weighted by atomic mass is 10.2. The van der Waals surface area contributed by atoms with Crippen LogP contribution in [0.3, 0.4) is 0 Å². The molecule has 68 valence electrons. The number of hydrogen-bond donors (Lipinski definition) is 0. The molecule has 0 atom stereocenters. The molecule has 0 fully saturated rings. The molecule has 0 aromatic heterocycles. The average Bonchev–Trinajstić information content (AvgIpc) is 2.16. The van der Waals surface area contributed by atoms with Gasteiger partial charge in [0.2, 0.25) is 0 Å². The third-order valence-corrected chi connectivity index (χ3v) is 1.40. The summed E-state index contributed by atoms with van der Waals surface area (Å²) in [5.41, 5.74) is 0.232. The second kappa shape index (κ2) is 4.35. The Morgan fingerprint density at radius 2 is 2.15 bits per heavy atom. The number of hydrogen-bond acceptors (Lipinski definition) is 3. The van der Waals surface area contributed by atoms with Crippen molar-refractivity contribution in [3.63, 3.8) is 0 Å². The monoisotopic (exact) mass is 182 g/mol. The SMILES string of the molecule is O=CCOc1ccc(C=O)cc1F. The number of aldehydes is 2. The molecule has 0 heterocycles. The number of carbonyl (C=O) groups excluding carboxylic acids is 2. The molecule has 4 heteroatoms. The highest BCUT2D eigenvalue weighted by molar-refractivity contribution is 5.75. The quantitative estimate of drug-likeness (QED) is 0.657. The molecule has 0 radical (unpaired) electrons. The molecular weight excluding hydrogens is 175 g/mol. The normalized spacial score (nSPS) is 9.31. The molecule has 1 rings (SSSR count). The van der Waals surface area contributed by atoms with Crippen LogP contribution in [0.1, 0.15) is 10.4 Å². The molecule has 0 unspecified atom stereocenters. The first kappa shape index (κ1) is 9.38. The van der Waals surface area contributed by atoms with E-state index in [2.05, 4.69) is 0 Å². The van der Waals surface area contributed by atoms with Crippen LogP contribution in [-0.4, -0.2) is 19.2 Å². The van der Waals surface area contributed by atoms with Crippen molar-refractivity contribution in [1.29, 1.82) is 0 Å². The number of halogens is 1. The maximum absolute atomic E-state index is 13.0. The summed E-state index contributed by atoms with van der Waals surface area (Å²) in [6.07, 6.45) is 1.06. The maximum Gasteiger partial charge on any atom is 0.165 e. The van der Waals surface area contributed by atoms with Crippen LogP contribution in [0.4, 0.5) is 4.39 Å². The Balaban J connectivity index is 2.84. The van der Waals surface area contributed by atoms with Crippen LogP contribution >= 0.6 is 0 Å². The third kappa shape index (κ3) is 2.37. The van der Waals surface area contributed by atoms with Crippen molar-refractivity contribution in [3.8, 4) is 5.75 Å². The molecule has 0 bridgehead atoms. The van der Waals surface area contributed by atoms with E-state index in [4.69, 9.17) is 4.74 Å². The Morgan fingerprint density at radius 1 is 1.38 bits per heavy atom. The van der Waals surface area contributed by atoms with E-state index in [-0.39, 0.29) is 17.9 Å². The first-order chi connectivity index (χ1) is 6.27. The first-order valence-corrected chi connectivity index (χ1v) is 3.59. The molecule has 0 saturated carbocycles. The predicted molar refractivity (Wildman–Crippen MR) is 43.3 cm³/mol. The highest BCUT2D eigenvalue weighted by Crippen LogP contribution is 2.16. The van der Waals surface area contributed by atoms with Crippen molar-refractivity contribution >= 4 is 12.6 Å². The second-order valence-corrected chi connectivity index (χ2v) is 2.29. The lowest BCUT2D eigenvalue weighted by molar-refractivity contribution is -0.109. The summed E-state index contributed by atoms with van der Waals surface area (Å²) < 4.78 is 17.7. The fourth-order valence-corrected chi connectivity index (χ4v) is 0.831. The zero-order valence-electron chi connectivity index (χ0n) is 6.70. The fourth-order valence-electron chi connectivity index (χ4n) is 0.831. The fraction of sp³-hybridized carbons (Fsp3) is 0.111. The Labute approximate surface area is 74.1 Å². The Bertz CT molecular complexity index is 323. The summed E-state index contributed by atoms with van der Waals surface area (Å²) in [5.74, 6) is -0.677. The van der Waals surface area contributed by atoms with Crippen molar-refractivity contribution in [3.05, 3.63) is 29.6 Å². The van der Waals surface area contributed by atoms with Gasteiger partial charge in [-0.05, 0) is 18.2 Å². The first-order valence-electron chi connectivity index (χ1n) is 3.59. The van der Waals surface area contributed by atoms with Gasteiger partial charge < -0.3 is 4.74 Å². The van der Waals surface area contributed by atoms with Crippen LogP contribution in [-0.2, 0) is 4.79 Å². The topological polar surface area (TPSA) is 43.4 Å². The Hall–Kier alpha value is -1.71. The van der Waals surface area contributed by atoms with Gasteiger partial charge in [-0.1, -0.05) is 0 Å². The molecule has 0 N–H and O–H groups in total. The van der Waals surface area contributed by atoms with Crippen molar-refractivity contribution in [2.75, 3.05) is 6.61 Å². The Morgan fingerprint density at radius 3 is 2.69 bits per heavy atom. The molecule has 1 aromatic rings. The van der Waals surface area contributed by atoms with Crippen LogP contribution in [0, 0.1) is 5.82 Å². The lowest BCUT2D eigenvalue weighted by Crippen LogP contribution is -2.00. The Kier molecular flexibility index (Phi) is 3.14. The molecule has 13 heavy (non-hydrogen) atoms. The van der Waals surface area contributed by atoms with Gasteiger partial charge in [0.25, 0.3) is 0 Å². The van der Waals surface area contributed by atoms with E-state index in [1.165, 1.54) is 12.1 Å². The molecular formula is C9H7FO3. The third-order valence-electron chi connectivity index (χ3n) is 1.40. The van der Waals surface area contributed by atoms with E-state index < -0.39 is 5.82 Å². The standard InChI is InChI=1S/C9H7FO3/c10-8-5-7(6-12)1-2-9(8)13-4-3-11/h1-3,5-6H,4H2. The molecule has 0 aliphatic heterocycles. The molecule has 0 amide bonds. The van der Waals surface area contributed by atoms with Gasteiger partial charge in [-0.2, -0.15) is 0 Å². The number of benzene rings is 1. The molecule has 0 aliphatic carbocycles. The van der Waals surface area contributed by atoms with Gasteiger partial charge >= 0.3 is 0 Å². The minimum absolute atomic E-state index is 0.0299. The number of rotatable bonds is 4. The zero-order chi connectivity index (χ0) is 9.68. The van der Waals surface area contributed by atoms with Crippen LogP contribution in [0.25, 0.3) is 0 Å². The van der Waals surface area contributed by atoms with E-state index >= 15 is 0 Å². The molecule has 1 aromatic carbocycles. The molecule has 0 aliphatic rings. The smallest absolute Gasteiger partial charge is 0.165 e. The van der Waals surface area contributed by atoms with Crippen molar-refractivity contribution < 1.29 is 18.7 Å². The number of carbonyl (C=O) groups is 2. The van der Waals surface area contributed by atoms with Gasteiger partial charge in [0, 0.05) is 5.56 Å². The minimum Gasteiger partial charge on any atom is -0.483 e. The van der Waals surface area contributed by atoms with Crippen LogP contribution < -0.4 is 4.74 Å². The van der Waals surface area contributed by atoms with Gasteiger partial charge in [-0.15, -0.1) is 0 Å². The average molecular weight is 182 g/mol. The van der Waals surface area contributed by atoms with E-state index in [0.29, 0.717) is 12.6 Å². The van der Waals surface area contributed by atoms with E-state index in [1.807, 2.05) is 0 Å². The van der Waals surface area contributed by atoms with Gasteiger partial charge in [-0.25, -0.2) is 4.39 Å². The minimum atomic E-state index is -0.647. The predicted octanol–water partition coefficient (Wildman–Crippen LogP) is 1.22. The summed E-state index contributed by atoms with van der Waals surface area (Å²) >= 11 is 0. The summed E-state index contributed by atoms with van der Waals surface area (Å²) in [6, 6.07) is 3.77. The summed E-state index contributed by atoms with van der Waals surface area (Å²) in [6.45, 7) is -0.197. The van der Waals surface area contributed by atoms with Crippen molar-refractivity contribution in [2.24, 2.45) is 0 Å². The van der Waals surface area contributed by atoms with Crippen molar-refractivity contribution in [1.82, 2.24) is 0 Å². The largest absolute Gasteiger partial charge is 0.483 e.